The maximum atomic E-state index is 12.8. The highest BCUT2D eigenvalue weighted by Crippen LogP contribution is 2.39. The van der Waals surface area contributed by atoms with Gasteiger partial charge in [0.25, 0.3) is 5.91 Å². The number of hydrogen-bond donors (Lipinski definition) is 1. The molecule has 2 aromatic rings. The van der Waals surface area contributed by atoms with Gasteiger partial charge in [0, 0.05) is 23.5 Å². The largest absolute Gasteiger partial charge is 0.362 e. The fourth-order valence-corrected chi connectivity index (χ4v) is 4.28. The number of carbonyl (C=O) groups is 1. The van der Waals surface area contributed by atoms with Crippen LogP contribution in [0.25, 0.3) is 11.6 Å². The molecular weight excluding hydrogens is 382 g/mol. The number of rotatable bonds is 6. The van der Waals surface area contributed by atoms with Crippen LogP contribution in [0.5, 0.6) is 0 Å². The molecule has 4 heteroatoms. The van der Waals surface area contributed by atoms with Crippen molar-refractivity contribution >= 4 is 28.9 Å². The van der Waals surface area contributed by atoms with Gasteiger partial charge in [0.2, 0.25) is 0 Å². The third-order valence-electron chi connectivity index (χ3n) is 5.77. The van der Waals surface area contributed by atoms with Crippen molar-refractivity contribution in [3.63, 3.8) is 0 Å². The Bertz CT molecular complexity index is 1090. The van der Waals surface area contributed by atoms with Crippen molar-refractivity contribution in [3.05, 3.63) is 70.8 Å². The summed E-state index contributed by atoms with van der Waals surface area (Å²) in [4.78, 5) is 15.2. The molecule has 0 saturated carbocycles. The van der Waals surface area contributed by atoms with Gasteiger partial charge in [-0.15, -0.1) is 0 Å². The standard InChI is InChI=1S/C27H31N3O/c1-6-14-30-25-13-12-20(16-23(25)19(3)17-27(30,4)5)15-22(18-28)26(31)29-24-11-9-8-10-21(24)7-2/h8-13,15-17H,6-7,14H2,1-5H3,(H,29,31)/b22-15+. The van der Waals surface area contributed by atoms with Crippen LogP contribution in [-0.2, 0) is 11.2 Å². The van der Waals surface area contributed by atoms with E-state index < -0.39 is 0 Å². The fourth-order valence-electron chi connectivity index (χ4n) is 4.28. The molecule has 1 N–H and O–H groups in total. The Balaban J connectivity index is 1.93. The van der Waals surface area contributed by atoms with Crippen LogP contribution in [0.2, 0.25) is 0 Å². The predicted octanol–water partition coefficient (Wildman–Crippen LogP) is 6.21. The summed E-state index contributed by atoms with van der Waals surface area (Å²) >= 11 is 0. The van der Waals surface area contributed by atoms with E-state index in [9.17, 15) is 10.1 Å². The Labute approximate surface area is 185 Å². The third kappa shape index (κ3) is 4.72. The van der Waals surface area contributed by atoms with Crippen LogP contribution in [0, 0.1) is 11.3 Å². The molecule has 3 rings (SSSR count). The number of carbonyl (C=O) groups excluding carboxylic acids is 1. The highest BCUT2D eigenvalue weighted by molar-refractivity contribution is 6.10. The number of allylic oxidation sites excluding steroid dienone is 1. The highest BCUT2D eigenvalue weighted by Gasteiger charge is 2.30. The normalized spacial score (nSPS) is 15.0. The molecule has 0 fully saturated rings. The van der Waals surface area contributed by atoms with Gasteiger partial charge in [-0.3, -0.25) is 4.79 Å². The third-order valence-corrected chi connectivity index (χ3v) is 5.77. The van der Waals surface area contributed by atoms with Gasteiger partial charge in [-0.05, 0) is 74.6 Å². The minimum absolute atomic E-state index is 0.0468. The SMILES string of the molecule is CCCN1c2ccc(/C=C(\C#N)C(=O)Nc3ccccc3CC)cc2C(C)=CC1(C)C. The average molecular weight is 414 g/mol. The molecular formula is C27H31N3O. The number of nitriles is 1. The first kappa shape index (κ1) is 22.4. The monoisotopic (exact) mass is 413 g/mol. The fraction of sp³-hybridized carbons (Fsp3) is 0.333. The van der Waals surface area contributed by atoms with Gasteiger partial charge in [0.15, 0.2) is 0 Å². The van der Waals surface area contributed by atoms with E-state index in [1.807, 2.05) is 37.3 Å². The van der Waals surface area contributed by atoms with E-state index in [-0.39, 0.29) is 17.0 Å². The summed E-state index contributed by atoms with van der Waals surface area (Å²) in [7, 11) is 0. The first-order valence-electron chi connectivity index (χ1n) is 10.9. The second-order valence-corrected chi connectivity index (χ2v) is 8.54. The van der Waals surface area contributed by atoms with E-state index in [0.717, 1.165) is 41.8 Å². The number of benzene rings is 2. The summed E-state index contributed by atoms with van der Waals surface area (Å²) in [6, 6.07) is 15.9. The van der Waals surface area contributed by atoms with Crippen molar-refractivity contribution in [3.8, 4) is 6.07 Å². The minimum atomic E-state index is -0.387. The molecule has 0 radical (unpaired) electrons. The zero-order valence-electron chi connectivity index (χ0n) is 19.1. The van der Waals surface area contributed by atoms with Crippen LogP contribution in [0.15, 0.2) is 54.1 Å². The zero-order chi connectivity index (χ0) is 22.6. The van der Waals surface area contributed by atoms with Crippen molar-refractivity contribution in [2.24, 2.45) is 0 Å². The molecule has 160 valence electrons. The van der Waals surface area contributed by atoms with Crippen molar-refractivity contribution in [2.75, 3.05) is 16.8 Å². The smallest absolute Gasteiger partial charge is 0.266 e. The molecule has 1 heterocycles. The van der Waals surface area contributed by atoms with E-state index in [1.54, 1.807) is 6.08 Å². The van der Waals surface area contributed by atoms with Gasteiger partial charge in [0.1, 0.15) is 11.6 Å². The lowest BCUT2D eigenvalue weighted by atomic mass is 9.87. The van der Waals surface area contributed by atoms with Crippen LogP contribution < -0.4 is 10.2 Å². The summed E-state index contributed by atoms with van der Waals surface area (Å²) in [6.07, 6.45) is 5.83. The molecule has 2 aromatic carbocycles. The first-order chi connectivity index (χ1) is 14.8. The number of hydrogen-bond acceptors (Lipinski definition) is 3. The van der Waals surface area contributed by atoms with Crippen LogP contribution in [0.4, 0.5) is 11.4 Å². The van der Waals surface area contributed by atoms with Gasteiger partial charge in [-0.2, -0.15) is 5.26 Å². The molecule has 1 amide bonds. The molecule has 0 atom stereocenters. The van der Waals surface area contributed by atoms with Gasteiger partial charge in [-0.25, -0.2) is 0 Å². The lowest BCUT2D eigenvalue weighted by molar-refractivity contribution is -0.112. The zero-order valence-corrected chi connectivity index (χ0v) is 19.1. The molecule has 0 saturated heterocycles. The minimum Gasteiger partial charge on any atom is -0.362 e. The summed E-state index contributed by atoms with van der Waals surface area (Å²) in [6.45, 7) is 11.8. The lowest BCUT2D eigenvalue weighted by Crippen LogP contribution is -2.45. The molecule has 0 aromatic heterocycles. The van der Waals surface area contributed by atoms with Crippen molar-refractivity contribution in [2.45, 2.75) is 53.0 Å². The number of amides is 1. The Kier molecular flexibility index (Phi) is 6.65. The van der Waals surface area contributed by atoms with E-state index >= 15 is 0 Å². The van der Waals surface area contributed by atoms with E-state index in [2.05, 4.69) is 62.2 Å². The lowest BCUT2D eigenvalue weighted by Gasteiger charge is -2.43. The number of nitrogens with zero attached hydrogens (tertiary/aromatic N) is 2. The van der Waals surface area contributed by atoms with Gasteiger partial charge in [0.05, 0.1) is 5.54 Å². The second kappa shape index (κ2) is 9.22. The number of nitrogens with one attached hydrogen (secondary N) is 1. The topological polar surface area (TPSA) is 56.1 Å². The second-order valence-electron chi connectivity index (χ2n) is 8.54. The Morgan fingerprint density at radius 3 is 2.61 bits per heavy atom. The molecule has 4 nitrogen and oxygen atoms in total. The van der Waals surface area contributed by atoms with Crippen LogP contribution in [-0.4, -0.2) is 18.0 Å². The molecule has 0 aliphatic carbocycles. The summed E-state index contributed by atoms with van der Waals surface area (Å²) in [5.74, 6) is -0.387. The molecule has 31 heavy (non-hydrogen) atoms. The molecule has 1 aliphatic rings. The molecule has 0 unspecified atom stereocenters. The van der Waals surface area contributed by atoms with Crippen molar-refractivity contribution in [1.29, 1.82) is 5.26 Å². The van der Waals surface area contributed by atoms with Crippen LogP contribution >= 0.6 is 0 Å². The van der Waals surface area contributed by atoms with Crippen molar-refractivity contribution < 1.29 is 4.79 Å². The number of aryl methyl sites for hydroxylation is 1. The Hall–Kier alpha value is -3.32. The summed E-state index contributed by atoms with van der Waals surface area (Å²) in [5.41, 5.74) is 6.24. The van der Waals surface area contributed by atoms with Crippen molar-refractivity contribution in [1.82, 2.24) is 0 Å². The first-order valence-corrected chi connectivity index (χ1v) is 10.9. The van der Waals surface area contributed by atoms with E-state index in [0.29, 0.717) is 0 Å². The molecule has 0 bridgehead atoms. The molecule has 1 aliphatic heterocycles. The van der Waals surface area contributed by atoms with Gasteiger partial charge >= 0.3 is 0 Å². The number of fused-ring (bicyclic) bond motifs is 1. The summed E-state index contributed by atoms with van der Waals surface area (Å²) < 4.78 is 0. The average Bonchev–Trinajstić information content (AvgIpc) is 2.75. The maximum Gasteiger partial charge on any atom is 0.266 e. The van der Waals surface area contributed by atoms with Crippen LogP contribution in [0.3, 0.4) is 0 Å². The Morgan fingerprint density at radius 1 is 1.19 bits per heavy atom. The summed E-state index contributed by atoms with van der Waals surface area (Å²) in [5, 5.41) is 12.5. The van der Waals surface area contributed by atoms with Gasteiger partial charge < -0.3 is 10.2 Å². The number of anilines is 2. The highest BCUT2D eigenvalue weighted by atomic mass is 16.1. The van der Waals surface area contributed by atoms with Crippen LogP contribution in [0.1, 0.15) is 57.7 Å². The van der Waals surface area contributed by atoms with E-state index in [1.165, 1.54) is 11.3 Å². The quantitative estimate of drug-likeness (QED) is 0.453. The Morgan fingerprint density at radius 2 is 1.94 bits per heavy atom. The molecule has 0 spiro atoms. The maximum absolute atomic E-state index is 12.8. The van der Waals surface area contributed by atoms with Gasteiger partial charge in [-0.1, -0.05) is 44.2 Å². The predicted molar refractivity (Wildman–Crippen MR) is 130 cm³/mol. The number of para-hydroxylation sites is 1. The van der Waals surface area contributed by atoms with E-state index in [4.69, 9.17) is 0 Å².